The van der Waals surface area contributed by atoms with Gasteiger partial charge in [0.05, 0.1) is 11.4 Å². The van der Waals surface area contributed by atoms with E-state index in [2.05, 4.69) is 5.32 Å². The van der Waals surface area contributed by atoms with Crippen molar-refractivity contribution in [1.29, 1.82) is 0 Å². The van der Waals surface area contributed by atoms with E-state index in [-0.39, 0.29) is 5.91 Å². The van der Waals surface area contributed by atoms with Gasteiger partial charge >= 0.3 is 0 Å². The Morgan fingerprint density at radius 1 is 0.852 bits per heavy atom. The fourth-order valence-corrected chi connectivity index (χ4v) is 2.58. The summed E-state index contributed by atoms with van der Waals surface area (Å²) >= 11 is 0. The van der Waals surface area contributed by atoms with Gasteiger partial charge in [0.1, 0.15) is 24.7 Å². The molecule has 0 spiro atoms. The highest BCUT2D eigenvalue weighted by Gasteiger charge is 2.12. The van der Waals surface area contributed by atoms with Crippen LogP contribution in [0.4, 0.5) is 11.4 Å². The second kappa shape index (κ2) is 8.76. The van der Waals surface area contributed by atoms with Gasteiger partial charge in [0.25, 0.3) is 0 Å². The quantitative estimate of drug-likeness (QED) is 0.612. The fraction of sp³-hybridized carbons (Fsp3) is 0.136. The highest BCUT2D eigenvalue weighted by atomic mass is 16.5. The van der Waals surface area contributed by atoms with Gasteiger partial charge in [-0.25, -0.2) is 0 Å². The highest BCUT2D eigenvalue weighted by molar-refractivity contribution is 5.91. The third-order valence-corrected chi connectivity index (χ3v) is 3.90. The lowest BCUT2D eigenvalue weighted by Gasteiger charge is -2.16. The fourth-order valence-electron chi connectivity index (χ4n) is 2.58. The first-order valence-corrected chi connectivity index (χ1v) is 8.66. The number of hydrogen-bond acceptors (Lipinski definition) is 4. The van der Waals surface area contributed by atoms with Crippen LogP contribution in [0.25, 0.3) is 0 Å². The largest absolute Gasteiger partial charge is 0.487 e. The first-order chi connectivity index (χ1) is 13.1. The molecule has 0 atom stereocenters. The lowest BCUT2D eigenvalue weighted by molar-refractivity contribution is -0.114. The monoisotopic (exact) mass is 362 g/mol. The van der Waals surface area contributed by atoms with Crippen LogP contribution in [-0.2, 0) is 18.0 Å². The molecule has 0 aliphatic carbocycles. The number of nitrogens with one attached hydrogen (secondary N) is 1. The zero-order chi connectivity index (χ0) is 19.1. The van der Waals surface area contributed by atoms with Crippen molar-refractivity contribution in [3.05, 3.63) is 83.9 Å². The third-order valence-electron chi connectivity index (χ3n) is 3.90. The van der Waals surface area contributed by atoms with Gasteiger partial charge in [-0.1, -0.05) is 60.7 Å². The minimum atomic E-state index is -0.196. The number of nitrogens with two attached hydrogens (primary N) is 1. The molecule has 5 nitrogen and oxygen atoms in total. The van der Waals surface area contributed by atoms with Gasteiger partial charge in [-0.05, 0) is 11.1 Å². The first kappa shape index (κ1) is 18.3. The highest BCUT2D eigenvalue weighted by Crippen LogP contribution is 2.35. The molecule has 0 aliphatic heterocycles. The van der Waals surface area contributed by atoms with Crippen LogP contribution in [0.5, 0.6) is 11.5 Å². The van der Waals surface area contributed by atoms with Gasteiger partial charge < -0.3 is 20.5 Å². The maximum Gasteiger partial charge on any atom is 0.221 e. The molecule has 3 aromatic rings. The van der Waals surface area contributed by atoms with Crippen molar-refractivity contribution in [3.63, 3.8) is 0 Å². The van der Waals surface area contributed by atoms with Gasteiger partial charge in [0.15, 0.2) is 0 Å². The standard InChI is InChI=1S/C22H22N2O3/c1-16(25)24-20-13-21(26-14-17-8-4-2-5-9-17)19(23)12-22(20)27-15-18-10-6-3-7-11-18/h2-13H,14-15,23H2,1H3,(H,24,25). The van der Waals surface area contributed by atoms with Crippen molar-refractivity contribution >= 4 is 17.3 Å². The van der Waals surface area contributed by atoms with Crippen molar-refractivity contribution in [2.45, 2.75) is 20.1 Å². The summed E-state index contributed by atoms with van der Waals surface area (Å²) in [7, 11) is 0. The maximum absolute atomic E-state index is 11.6. The summed E-state index contributed by atoms with van der Waals surface area (Å²) in [4.78, 5) is 11.6. The van der Waals surface area contributed by atoms with Crippen LogP contribution < -0.4 is 20.5 Å². The van der Waals surface area contributed by atoms with E-state index in [9.17, 15) is 4.79 Å². The first-order valence-electron chi connectivity index (χ1n) is 8.66. The molecule has 3 aromatic carbocycles. The molecular formula is C22H22N2O3. The molecule has 138 valence electrons. The van der Waals surface area contributed by atoms with E-state index >= 15 is 0 Å². The van der Waals surface area contributed by atoms with Crippen LogP contribution in [0, 0.1) is 0 Å². The van der Waals surface area contributed by atoms with E-state index in [1.807, 2.05) is 60.7 Å². The summed E-state index contributed by atoms with van der Waals surface area (Å²) in [5, 5.41) is 2.78. The average Bonchev–Trinajstić information content (AvgIpc) is 2.68. The van der Waals surface area contributed by atoms with Gasteiger partial charge in [-0.3, -0.25) is 4.79 Å². The molecule has 1 amide bonds. The Bertz CT molecular complexity index is 896. The smallest absolute Gasteiger partial charge is 0.221 e. The number of hydrogen-bond donors (Lipinski definition) is 2. The van der Waals surface area contributed by atoms with E-state index < -0.39 is 0 Å². The van der Waals surface area contributed by atoms with Crippen molar-refractivity contribution < 1.29 is 14.3 Å². The molecule has 0 aromatic heterocycles. The van der Waals surface area contributed by atoms with Crippen LogP contribution in [0.2, 0.25) is 0 Å². The zero-order valence-electron chi connectivity index (χ0n) is 15.1. The molecular weight excluding hydrogens is 340 g/mol. The zero-order valence-corrected chi connectivity index (χ0v) is 15.1. The predicted molar refractivity (Wildman–Crippen MR) is 107 cm³/mol. The molecule has 0 radical (unpaired) electrons. The Morgan fingerprint density at radius 2 is 1.37 bits per heavy atom. The van der Waals surface area contributed by atoms with Crippen molar-refractivity contribution in [2.24, 2.45) is 0 Å². The van der Waals surface area contributed by atoms with Gasteiger partial charge in [0, 0.05) is 19.1 Å². The number of rotatable bonds is 7. The number of ether oxygens (including phenoxy) is 2. The van der Waals surface area contributed by atoms with Crippen LogP contribution in [0.3, 0.4) is 0 Å². The minimum absolute atomic E-state index is 0.196. The molecule has 5 heteroatoms. The summed E-state index contributed by atoms with van der Waals surface area (Å²) in [6.45, 7) is 2.20. The number of amides is 1. The average molecular weight is 362 g/mol. The molecule has 3 N–H and O–H groups in total. The minimum Gasteiger partial charge on any atom is -0.487 e. The third kappa shape index (κ3) is 5.25. The summed E-state index contributed by atoms with van der Waals surface area (Å²) in [6.07, 6.45) is 0. The van der Waals surface area contributed by atoms with Crippen LogP contribution in [0.15, 0.2) is 72.8 Å². The van der Waals surface area contributed by atoms with Crippen molar-refractivity contribution in [3.8, 4) is 11.5 Å². The number of carbonyl (C=O) groups excluding carboxylic acids is 1. The lowest BCUT2D eigenvalue weighted by atomic mass is 10.2. The Balaban J connectivity index is 1.78. The van der Waals surface area contributed by atoms with E-state index in [0.29, 0.717) is 36.1 Å². The molecule has 0 saturated heterocycles. The van der Waals surface area contributed by atoms with Gasteiger partial charge in [-0.15, -0.1) is 0 Å². The van der Waals surface area contributed by atoms with Gasteiger partial charge in [-0.2, -0.15) is 0 Å². The Hall–Kier alpha value is -3.47. The molecule has 3 rings (SSSR count). The SMILES string of the molecule is CC(=O)Nc1cc(OCc2ccccc2)c(N)cc1OCc1ccccc1. The Labute approximate surface area is 158 Å². The van der Waals surface area contributed by atoms with Gasteiger partial charge in [0.2, 0.25) is 5.91 Å². The molecule has 0 saturated carbocycles. The Kier molecular flexibility index (Phi) is 5.94. The van der Waals surface area contributed by atoms with E-state index in [1.165, 1.54) is 6.92 Å². The van der Waals surface area contributed by atoms with Crippen LogP contribution >= 0.6 is 0 Å². The molecule has 0 bridgehead atoms. The van der Waals surface area contributed by atoms with Crippen molar-refractivity contribution in [1.82, 2.24) is 0 Å². The second-order valence-corrected chi connectivity index (χ2v) is 6.12. The topological polar surface area (TPSA) is 73.6 Å². The second-order valence-electron chi connectivity index (χ2n) is 6.12. The number of anilines is 2. The number of benzene rings is 3. The summed E-state index contributed by atoms with van der Waals surface area (Å²) in [5.41, 5.74) is 9.16. The van der Waals surface area contributed by atoms with Crippen molar-refractivity contribution in [2.75, 3.05) is 11.1 Å². The predicted octanol–water partition coefficient (Wildman–Crippen LogP) is 4.39. The normalized spacial score (nSPS) is 10.3. The van der Waals surface area contributed by atoms with E-state index in [4.69, 9.17) is 15.2 Å². The van der Waals surface area contributed by atoms with Crippen LogP contribution in [-0.4, -0.2) is 5.91 Å². The molecule has 0 aliphatic rings. The summed E-state index contributed by atoms with van der Waals surface area (Å²) < 4.78 is 11.7. The molecule has 27 heavy (non-hydrogen) atoms. The lowest BCUT2D eigenvalue weighted by Crippen LogP contribution is -2.09. The molecule has 0 fully saturated rings. The maximum atomic E-state index is 11.6. The van der Waals surface area contributed by atoms with E-state index in [1.54, 1.807) is 12.1 Å². The number of carbonyl (C=O) groups is 1. The summed E-state index contributed by atoms with van der Waals surface area (Å²) in [6, 6.07) is 23.0. The van der Waals surface area contributed by atoms with Crippen LogP contribution in [0.1, 0.15) is 18.1 Å². The van der Waals surface area contributed by atoms with E-state index in [0.717, 1.165) is 11.1 Å². The molecule has 0 heterocycles. The molecule has 0 unspecified atom stereocenters. The number of nitrogen functional groups attached to an aromatic ring is 1. The summed E-state index contributed by atoms with van der Waals surface area (Å²) in [5.74, 6) is 0.798. The Morgan fingerprint density at radius 3 is 1.89 bits per heavy atom.